The number of benzene rings is 2. The highest BCUT2D eigenvalue weighted by Gasteiger charge is 2.35. The maximum Gasteiger partial charge on any atom is 0.282 e. The molecule has 1 aromatic heterocycles. The van der Waals surface area contributed by atoms with Gasteiger partial charge in [0.05, 0.1) is 22.9 Å². The average molecular weight is 603 g/mol. The van der Waals surface area contributed by atoms with E-state index in [4.69, 9.17) is 21.3 Å². The van der Waals surface area contributed by atoms with Crippen LogP contribution >= 0.6 is 11.6 Å². The molecule has 4 heterocycles. The van der Waals surface area contributed by atoms with Crippen LogP contribution in [0.2, 0.25) is 5.02 Å². The Balaban J connectivity index is 1.39. The van der Waals surface area contributed by atoms with Gasteiger partial charge in [-0.2, -0.15) is 5.26 Å². The summed E-state index contributed by atoms with van der Waals surface area (Å²) in [5, 5.41) is 13.3. The molecule has 43 heavy (non-hydrogen) atoms. The number of nitriles is 1. The van der Waals surface area contributed by atoms with Crippen molar-refractivity contribution in [2.45, 2.75) is 44.8 Å². The van der Waals surface area contributed by atoms with E-state index < -0.39 is 11.7 Å². The monoisotopic (exact) mass is 602 g/mol. The van der Waals surface area contributed by atoms with E-state index in [1.54, 1.807) is 0 Å². The number of rotatable bonds is 6. The number of anilines is 2. The SMILES string of the molecule is C=C(F)C(=O)N1CCN(c2c(C#N)c(OC[C@@H]3CCCN3C)nc3c2CCN(c2cccc4cccc(Cl)c24)C3)C[C@H]1C. The van der Waals surface area contributed by atoms with Gasteiger partial charge in [-0.05, 0) is 57.3 Å². The number of likely N-dealkylation sites (tertiary alicyclic amines) is 1. The minimum Gasteiger partial charge on any atom is -0.475 e. The van der Waals surface area contributed by atoms with E-state index in [2.05, 4.69) is 52.6 Å². The second-order valence-electron chi connectivity index (χ2n) is 11.8. The molecule has 2 aromatic carbocycles. The van der Waals surface area contributed by atoms with Gasteiger partial charge in [0.2, 0.25) is 5.88 Å². The largest absolute Gasteiger partial charge is 0.475 e. The summed E-state index contributed by atoms with van der Waals surface area (Å²) in [6.07, 6.45) is 2.83. The van der Waals surface area contributed by atoms with E-state index in [9.17, 15) is 14.4 Å². The molecule has 10 heteroatoms. The molecule has 0 spiro atoms. The third-order valence-electron chi connectivity index (χ3n) is 9.10. The number of halogens is 2. The Bertz CT molecular complexity index is 1620. The second-order valence-corrected chi connectivity index (χ2v) is 12.2. The quantitative estimate of drug-likeness (QED) is 0.354. The molecule has 8 nitrogen and oxygen atoms in total. The molecule has 2 atom stereocenters. The number of ether oxygens (including phenoxy) is 1. The summed E-state index contributed by atoms with van der Waals surface area (Å²) in [5.74, 6) is -1.29. The molecule has 0 saturated carbocycles. The van der Waals surface area contributed by atoms with Crippen LogP contribution in [0.25, 0.3) is 10.8 Å². The Kier molecular flexibility index (Phi) is 8.17. The van der Waals surface area contributed by atoms with Gasteiger partial charge in [0.15, 0.2) is 5.83 Å². The Morgan fingerprint density at radius 2 is 1.98 bits per heavy atom. The van der Waals surface area contributed by atoms with Crippen molar-refractivity contribution in [3.05, 3.63) is 70.6 Å². The highest BCUT2D eigenvalue weighted by atomic mass is 35.5. The Hall–Kier alpha value is -3.87. The molecule has 0 N–H and O–H groups in total. The number of likely N-dealkylation sites (N-methyl/N-ethyl adjacent to an activating group) is 1. The van der Waals surface area contributed by atoms with Crippen LogP contribution < -0.4 is 14.5 Å². The number of carbonyl (C=O) groups excluding carboxylic acids is 1. The molecule has 3 aliphatic rings. The number of amides is 1. The zero-order valence-electron chi connectivity index (χ0n) is 24.7. The predicted molar refractivity (Wildman–Crippen MR) is 167 cm³/mol. The van der Waals surface area contributed by atoms with E-state index in [0.717, 1.165) is 59.3 Å². The summed E-state index contributed by atoms with van der Waals surface area (Å²) < 4.78 is 20.1. The molecule has 3 aromatic rings. The highest BCUT2D eigenvalue weighted by molar-refractivity contribution is 6.36. The van der Waals surface area contributed by atoms with Crippen LogP contribution in [0, 0.1) is 11.3 Å². The number of piperazine rings is 1. The Labute approximate surface area is 256 Å². The van der Waals surface area contributed by atoms with E-state index >= 15 is 0 Å². The van der Waals surface area contributed by atoms with E-state index in [0.29, 0.717) is 55.7 Å². The standard InChI is InChI=1S/C33H36ClFN6O2/c1-21-18-40(15-16-41(21)33(42)22(2)35)31-25-12-14-39(29-11-5-8-23-7-4-10-27(34)30(23)29)19-28(25)37-32(26(31)17-36)43-20-24-9-6-13-38(24)3/h4-5,7-8,10-11,21,24H,2,6,9,12-16,18-20H2,1,3H3/t21-,24+/m1/s1. The molecule has 3 aliphatic heterocycles. The normalized spacial score (nSPS) is 20.7. The smallest absolute Gasteiger partial charge is 0.282 e. The third-order valence-corrected chi connectivity index (χ3v) is 9.41. The molecule has 6 rings (SSSR count). The number of nitrogens with zero attached hydrogens (tertiary/aromatic N) is 6. The van der Waals surface area contributed by atoms with Gasteiger partial charge >= 0.3 is 0 Å². The van der Waals surface area contributed by atoms with Crippen molar-refractivity contribution < 1.29 is 13.9 Å². The fourth-order valence-corrected chi connectivity index (χ4v) is 7.10. The second kappa shape index (κ2) is 12.0. The van der Waals surface area contributed by atoms with Crippen molar-refractivity contribution >= 4 is 39.7 Å². The molecule has 2 saturated heterocycles. The Morgan fingerprint density at radius 3 is 2.67 bits per heavy atom. The van der Waals surface area contributed by atoms with Gasteiger partial charge in [-0.25, -0.2) is 9.37 Å². The van der Waals surface area contributed by atoms with Gasteiger partial charge < -0.3 is 24.3 Å². The molecule has 0 unspecified atom stereocenters. The van der Waals surface area contributed by atoms with E-state index in [-0.39, 0.29) is 12.1 Å². The molecule has 0 radical (unpaired) electrons. The van der Waals surface area contributed by atoms with Crippen molar-refractivity contribution in [2.75, 3.05) is 56.2 Å². The zero-order valence-corrected chi connectivity index (χ0v) is 25.4. The van der Waals surface area contributed by atoms with E-state index in [1.165, 1.54) is 4.90 Å². The first kappa shape index (κ1) is 29.2. The average Bonchev–Trinajstić information content (AvgIpc) is 3.42. The molecule has 224 valence electrons. The van der Waals surface area contributed by atoms with Gasteiger partial charge in [-0.15, -0.1) is 0 Å². The van der Waals surface area contributed by atoms with Crippen molar-refractivity contribution in [1.29, 1.82) is 5.26 Å². The predicted octanol–water partition coefficient (Wildman–Crippen LogP) is 5.32. The minimum atomic E-state index is -0.958. The molecule has 0 bridgehead atoms. The van der Waals surface area contributed by atoms with Gasteiger partial charge in [0, 0.05) is 54.9 Å². The summed E-state index contributed by atoms with van der Waals surface area (Å²) in [6.45, 7) is 9.07. The summed E-state index contributed by atoms with van der Waals surface area (Å²) in [6, 6.07) is 14.5. The summed E-state index contributed by atoms with van der Waals surface area (Å²) >= 11 is 6.69. The van der Waals surface area contributed by atoms with E-state index in [1.807, 2.05) is 25.1 Å². The first-order valence-electron chi connectivity index (χ1n) is 14.9. The maximum atomic E-state index is 13.7. The summed E-state index contributed by atoms with van der Waals surface area (Å²) in [7, 11) is 2.10. The summed E-state index contributed by atoms with van der Waals surface area (Å²) in [4.78, 5) is 25.7. The maximum absolute atomic E-state index is 13.7. The lowest BCUT2D eigenvalue weighted by Gasteiger charge is -2.42. The first-order valence-corrected chi connectivity index (χ1v) is 15.3. The van der Waals surface area contributed by atoms with Crippen LogP contribution in [-0.2, 0) is 17.8 Å². The van der Waals surface area contributed by atoms with Crippen molar-refractivity contribution in [3.63, 3.8) is 0 Å². The van der Waals surface area contributed by atoms with Crippen LogP contribution in [0.15, 0.2) is 48.8 Å². The number of fused-ring (bicyclic) bond motifs is 2. The van der Waals surface area contributed by atoms with Crippen molar-refractivity contribution in [2.24, 2.45) is 0 Å². The number of hydrogen-bond acceptors (Lipinski definition) is 7. The number of carbonyl (C=O) groups is 1. The fourth-order valence-electron chi connectivity index (χ4n) is 6.82. The van der Waals surface area contributed by atoms with Crippen LogP contribution in [0.3, 0.4) is 0 Å². The fraction of sp³-hybridized carbons (Fsp3) is 0.424. The van der Waals surface area contributed by atoms with Crippen LogP contribution in [0.1, 0.15) is 36.6 Å². The van der Waals surface area contributed by atoms with Gasteiger partial charge in [0.25, 0.3) is 5.91 Å². The molecular weight excluding hydrogens is 567 g/mol. The number of pyridine rings is 1. The van der Waals surface area contributed by atoms with Crippen LogP contribution in [-0.4, -0.2) is 79.2 Å². The highest BCUT2D eigenvalue weighted by Crippen LogP contribution is 2.40. The lowest BCUT2D eigenvalue weighted by molar-refractivity contribution is -0.131. The van der Waals surface area contributed by atoms with Crippen LogP contribution in [0.4, 0.5) is 15.8 Å². The molecular formula is C33H36ClFN6O2. The number of aromatic nitrogens is 1. The van der Waals surface area contributed by atoms with Gasteiger partial charge in [-0.1, -0.05) is 42.4 Å². The zero-order chi connectivity index (χ0) is 30.2. The van der Waals surface area contributed by atoms with Crippen molar-refractivity contribution in [3.8, 4) is 11.9 Å². The number of hydrogen-bond donors (Lipinski definition) is 0. The van der Waals surface area contributed by atoms with Gasteiger partial charge in [0.1, 0.15) is 18.2 Å². The lowest BCUT2D eigenvalue weighted by atomic mass is 9.96. The topological polar surface area (TPSA) is 75.9 Å². The Morgan fingerprint density at radius 1 is 1.19 bits per heavy atom. The van der Waals surface area contributed by atoms with Crippen molar-refractivity contribution in [1.82, 2.24) is 14.8 Å². The first-order chi connectivity index (χ1) is 20.8. The summed E-state index contributed by atoms with van der Waals surface area (Å²) in [5.41, 5.74) is 4.16. The molecule has 0 aliphatic carbocycles. The minimum absolute atomic E-state index is 0.265. The van der Waals surface area contributed by atoms with Crippen LogP contribution in [0.5, 0.6) is 5.88 Å². The molecule has 1 amide bonds. The third kappa shape index (κ3) is 5.50. The lowest BCUT2D eigenvalue weighted by Crippen LogP contribution is -2.54. The molecule has 2 fully saturated rings. The van der Waals surface area contributed by atoms with Gasteiger partial charge in [-0.3, -0.25) is 4.79 Å².